The molecule has 1 N–H and O–H groups in total. The minimum atomic E-state index is -0.858. The summed E-state index contributed by atoms with van der Waals surface area (Å²) in [7, 11) is 0. The predicted octanol–water partition coefficient (Wildman–Crippen LogP) is 5.49. The number of hydrogen-bond donors (Lipinski definition) is 1. The van der Waals surface area contributed by atoms with Crippen LogP contribution in [0, 0.1) is 17.2 Å². The molecule has 0 spiro atoms. The Morgan fingerprint density at radius 3 is 2.79 bits per heavy atom. The molecule has 1 atom stereocenters. The topological polar surface area (TPSA) is 123 Å². The second-order valence-electron chi connectivity index (χ2n) is 9.75. The molecule has 2 aromatic heterocycles. The Bertz CT molecular complexity index is 1560. The van der Waals surface area contributed by atoms with Crippen molar-refractivity contribution in [2.75, 3.05) is 6.61 Å². The van der Waals surface area contributed by atoms with Gasteiger partial charge in [-0.25, -0.2) is 9.97 Å². The van der Waals surface area contributed by atoms with Crippen molar-refractivity contribution in [1.29, 1.82) is 5.26 Å². The van der Waals surface area contributed by atoms with Crippen LogP contribution in [0.5, 0.6) is 11.6 Å². The maximum absolute atomic E-state index is 11.1. The summed E-state index contributed by atoms with van der Waals surface area (Å²) in [5, 5.41) is 18.8. The Balaban J connectivity index is 1.53. The van der Waals surface area contributed by atoms with E-state index >= 15 is 0 Å². The summed E-state index contributed by atoms with van der Waals surface area (Å²) < 4.78 is 13.9. The van der Waals surface area contributed by atoms with Gasteiger partial charge in [0.2, 0.25) is 5.88 Å². The molecule has 0 bridgehead atoms. The monoisotopic (exact) mass is 531 g/mol. The summed E-state index contributed by atoms with van der Waals surface area (Å²) in [6.45, 7) is 4.34. The maximum atomic E-state index is 11.1. The summed E-state index contributed by atoms with van der Waals surface area (Å²) in [6.07, 6.45) is 3.75. The third-order valence-electron chi connectivity index (χ3n) is 6.62. The maximum Gasteiger partial charge on any atom is 0.306 e. The number of ether oxygens (including phenoxy) is 2. The third kappa shape index (κ3) is 5.41. The number of carboxylic acid groups (broad SMARTS) is 1. The quantitative estimate of drug-likeness (QED) is 0.285. The molecule has 1 aliphatic carbocycles. The molecule has 2 aromatic carbocycles. The van der Waals surface area contributed by atoms with Crippen molar-refractivity contribution in [2.24, 2.45) is 5.92 Å². The minimum Gasteiger partial charge on any atom is -0.494 e. The molecule has 0 amide bonds. The smallest absolute Gasteiger partial charge is 0.306 e. The summed E-state index contributed by atoms with van der Waals surface area (Å²) in [4.78, 5) is 24.8. The number of benzene rings is 2. The van der Waals surface area contributed by atoms with Crippen LogP contribution in [-0.4, -0.2) is 42.8 Å². The normalized spacial score (nSPS) is 14.6. The number of halogens is 1. The van der Waals surface area contributed by atoms with Gasteiger partial charge in [-0.05, 0) is 62.1 Å². The number of carboxylic acids is 1. The van der Waals surface area contributed by atoms with Gasteiger partial charge in [0.15, 0.2) is 11.2 Å². The zero-order valence-electron chi connectivity index (χ0n) is 21.0. The number of fused-ring (bicyclic) bond motifs is 1. The van der Waals surface area contributed by atoms with Crippen LogP contribution >= 0.6 is 11.6 Å². The first-order valence-electron chi connectivity index (χ1n) is 12.3. The van der Waals surface area contributed by atoms with Gasteiger partial charge in [-0.1, -0.05) is 30.7 Å². The van der Waals surface area contributed by atoms with Crippen molar-refractivity contribution in [3.63, 3.8) is 0 Å². The molecule has 1 saturated carbocycles. The fraction of sp³-hybridized carbons (Fsp3) is 0.321. The zero-order chi connectivity index (χ0) is 26.9. The van der Waals surface area contributed by atoms with Gasteiger partial charge in [0.05, 0.1) is 35.7 Å². The second-order valence-corrected chi connectivity index (χ2v) is 10.2. The van der Waals surface area contributed by atoms with Crippen LogP contribution in [0.25, 0.3) is 22.6 Å². The summed E-state index contributed by atoms with van der Waals surface area (Å²) >= 11 is 6.72. The summed E-state index contributed by atoms with van der Waals surface area (Å²) in [5.41, 5.74) is 3.01. The van der Waals surface area contributed by atoms with E-state index in [-0.39, 0.29) is 12.2 Å². The molecule has 4 aromatic rings. The molecular formula is C28H26ClN5O4. The van der Waals surface area contributed by atoms with Crippen LogP contribution in [0.3, 0.4) is 0 Å². The lowest BCUT2D eigenvalue weighted by atomic mass is 10.1. The molecule has 194 valence electrons. The highest BCUT2D eigenvalue weighted by atomic mass is 35.5. The highest BCUT2D eigenvalue weighted by Crippen LogP contribution is 2.41. The molecule has 0 saturated heterocycles. The summed E-state index contributed by atoms with van der Waals surface area (Å²) in [6, 6.07) is 14.8. The molecule has 10 heteroatoms. The molecule has 0 unspecified atom stereocenters. The first-order valence-corrected chi connectivity index (χ1v) is 12.7. The highest BCUT2D eigenvalue weighted by molar-refractivity contribution is 6.33. The van der Waals surface area contributed by atoms with Gasteiger partial charge in [0.1, 0.15) is 23.5 Å². The van der Waals surface area contributed by atoms with Crippen LogP contribution < -0.4 is 9.47 Å². The average Bonchev–Trinajstić information content (AvgIpc) is 3.52. The average molecular weight is 532 g/mol. The van der Waals surface area contributed by atoms with Gasteiger partial charge in [-0.15, -0.1) is 0 Å². The number of nitriles is 1. The minimum absolute atomic E-state index is 0.249. The van der Waals surface area contributed by atoms with E-state index in [0.717, 1.165) is 18.4 Å². The fourth-order valence-electron chi connectivity index (χ4n) is 4.02. The Hall–Kier alpha value is -4.16. The second kappa shape index (κ2) is 10.3. The van der Waals surface area contributed by atoms with Crippen molar-refractivity contribution in [3.05, 3.63) is 64.9 Å². The van der Waals surface area contributed by atoms with Crippen molar-refractivity contribution in [3.8, 4) is 29.1 Å². The number of carbonyl (C=O) groups is 1. The van der Waals surface area contributed by atoms with Gasteiger partial charge < -0.3 is 19.1 Å². The van der Waals surface area contributed by atoms with Gasteiger partial charge in [0, 0.05) is 5.56 Å². The number of hydrogen-bond acceptors (Lipinski definition) is 7. The van der Waals surface area contributed by atoms with Crippen LogP contribution in [-0.2, 0) is 11.3 Å². The van der Waals surface area contributed by atoms with E-state index in [1.807, 2.05) is 35.8 Å². The molecular weight excluding hydrogens is 506 g/mol. The molecule has 38 heavy (non-hydrogen) atoms. The van der Waals surface area contributed by atoms with E-state index in [1.54, 1.807) is 25.1 Å². The molecule has 1 fully saturated rings. The third-order valence-corrected chi connectivity index (χ3v) is 6.93. The number of aromatic nitrogens is 4. The molecule has 0 aliphatic heterocycles. The fourth-order valence-corrected chi connectivity index (χ4v) is 4.28. The lowest BCUT2D eigenvalue weighted by molar-refractivity contribution is -0.141. The molecule has 1 aliphatic rings. The van der Waals surface area contributed by atoms with Gasteiger partial charge in [-0.3, -0.25) is 4.79 Å². The Kier molecular flexibility index (Phi) is 6.91. The predicted molar refractivity (Wildman–Crippen MR) is 141 cm³/mol. The van der Waals surface area contributed by atoms with Crippen LogP contribution in [0.15, 0.2) is 48.8 Å². The van der Waals surface area contributed by atoms with Gasteiger partial charge >= 0.3 is 5.97 Å². The van der Waals surface area contributed by atoms with Gasteiger partial charge in [-0.2, -0.15) is 10.2 Å². The highest BCUT2D eigenvalue weighted by Gasteiger charge is 2.41. The van der Waals surface area contributed by atoms with E-state index < -0.39 is 11.9 Å². The number of rotatable bonds is 10. The van der Waals surface area contributed by atoms with E-state index in [0.29, 0.717) is 57.7 Å². The number of nitrogens with zero attached hydrogens (tertiary/aromatic N) is 5. The Morgan fingerprint density at radius 2 is 2.08 bits per heavy atom. The van der Waals surface area contributed by atoms with Crippen LogP contribution in [0.1, 0.15) is 44.2 Å². The number of aliphatic carboxylic acids is 1. The van der Waals surface area contributed by atoms with Crippen molar-refractivity contribution < 1.29 is 19.4 Å². The van der Waals surface area contributed by atoms with Crippen molar-refractivity contribution >= 4 is 28.7 Å². The van der Waals surface area contributed by atoms with Crippen molar-refractivity contribution in [1.82, 2.24) is 19.5 Å². The lowest BCUT2D eigenvalue weighted by Gasteiger charge is -2.13. The number of imidazole rings is 1. The van der Waals surface area contributed by atoms with E-state index in [1.165, 1.54) is 6.33 Å². The van der Waals surface area contributed by atoms with Crippen molar-refractivity contribution in [2.45, 2.75) is 45.3 Å². The van der Waals surface area contributed by atoms with Gasteiger partial charge in [0.25, 0.3) is 0 Å². The van der Waals surface area contributed by atoms with E-state index in [2.05, 4.69) is 16.0 Å². The SMILES string of the molecule is C[C@H](CCOc1ccc(-c2nc3c(OC4(C)CC4)ncnc3n2Cc2cccc(C#N)c2)c(Cl)c1)C(=O)O. The Labute approximate surface area is 224 Å². The molecule has 5 rings (SSSR count). The molecule has 9 nitrogen and oxygen atoms in total. The Morgan fingerprint density at radius 1 is 1.26 bits per heavy atom. The van der Waals surface area contributed by atoms with Crippen LogP contribution in [0.2, 0.25) is 5.02 Å². The zero-order valence-corrected chi connectivity index (χ0v) is 21.8. The summed E-state index contributed by atoms with van der Waals surface area (Å²) in [5.74, 6) is 0.170. The molecule has 2 heterocycles. The molecule has 0 radical (unpaired) electrons. The first kappa shape index (κ1) is 25.5. The van der Waals surface area contributed by atoms with Crippen LogP contribution in [0.4, 0.5) is 0 Å². The first-order chi connectivity index (χ1) is 18.3. The lowest BCUT2D eigenvalue weighted by Crippen LogP contribution is -2.13. The van der Waals surface area contributed by atoms with E-state index in [9.17, 15) is 10.1 Å². The largest absolute Gasteiger partial charge is 0.494 e. The van der Waals surface area contributed by atoms with E-state index in [4.69, 9.17) is 31.2 Å². The standard InChI is InChI=1S/C28H26ClN5O4/c1-17(27(35)36)8-11-37-20-6-7-21(22(29)13-20)24-33-23-25(31-16-32-26(23)38-28(2)9-10-28)34(24)15-19-5-3-4-18(12-19)14-30/h3-7,12-13,16-17H,8-11,15H2,1-2H3,(H,35,36)/t17-/m1/s1.